The second-order valence-electron chi connectivity index (χ2n) is 6.17. The van der Waals surface area contributed by atoms with Gasteiger partial charge in [-0.2, -0.15) is 4.89 Å². The molecule has 18 heavy (non-hydrogen) atoms. The molecule has 0 heterocycles. The molecule has 0 aromatic heterocycles. The molecule has 1 fully saturated rings. The minimum atomic E-state index is -0.492. The van der Waals surface area contributed by atoms with Crippen LogP contribution in [0.5, 0.6) is 0 Å². The molecule has 2 rings (SSSR count). The fourth-order valence-corrected chi connectivity index (χ4v) is 1.85. The van der Waals surface area contributed by atoms with Crippen LogP contribution in [-0.4, -0.2) is 11.6 Å². The number of carbonyl (C=O) groups is 1. The molecule has 1 aromatic rings. The van der Waals surface area contributed by atoms with Gasteiger partial charge in [0.25, 0.3) is 0 Å². The van der Waals surface area contributed by atoms with Gasteiger partial charge in [0.2, 0.25) is 0 Å². The zero-order valence-corrected chi connectivity index (χ0v) is 11.4. The first-order chi connectivity index (χ1) is 8.32. The molecule has 1 aliphatic rings. The average molecular weight is 248 g/mol. The van der Waals surface area contributed by atoms with Crippen molar-refractivity contribution in [3.05, 3.63) is 35.4 Å². The Bertz CT molecular complexity index is 453. The van der Waals surface area contributed by atoms with Gasteiger partial charge in [-0.05, 0) is 50.7 Å². The zero-order valence-electron chi connectivity index (χ0n) is 11.4. The van der Waals surface area contributed by atoms with Crippen LogP contribution < -0.4 is 0 Å². The highest BCUT2D eigenvalue weighted by Crippen LogP contribution is 2.48. The average Bonchev–Trinajstić information content (AvgIpc) is 3.05. The summed E-state index contributed by atoms with van der Waals surface area (Å²) in [6, 6.07) is 7.61. The first-order valence-corrected chi connectivity index (χ1v) is 6.31. The van der Waals surface area contributed by atoms with Gasteiger partial charge in [0.05, 0.1) is 5.56 Å². The fraction of sp³-hybridized carbons (Fsp3) is 0.533. The Morgan fingerprint density at radius 2 is 1.83 bits per heavy atom. The van der Waals surface area contributed by atoms with Crippen LogP contribution in [-0.2, 0) is 15.2 Å². The second-order valence-corrected chi connectivity index (χ2v) is 6.17. The highest BCUT2D eigenvalue weighted by Gasteiger charge is 2.41. The van der Waals surface area contributed by atoms with Crippen LogP contribution in [0.1, 0.15) is 56.5 Å². The highest BCUT2D eigenvalue weighted by atomic mass is 17.2. The monoisotopic (exact) mass is 248 g/mol. The normalized spacial score (nSPS) is 17.3. The summed E-state index contributed by atoms with van der Waals surface area (Å²) in [6.45, 7) is 7.70. The third kappa shape index (κ3) is 2.91. The van der Waals surface area contributed by atoms with Gasteiger partial charge in [-0.25, -0.2) is 4.79 Å². The quantitative estimate of drug-likeness (QED) is 0.605. The summed E-state index contributed by atoms with van der Waals surface area (Å²) in [7, 11) is 0. The number of carbonyl (C=O) groups excluding carboxylic acids is 1. The predicted octanol–water partition coefficient (Wildman–Crippen LogP) is 3.63. The van der Waals surface area contributed by atoms with Crippen molar-refractivity contribution in [3.8, 4) is 0 Å². The Morgan fingerprint density at radius 3 is 2.39 bits per heavy atom. The maximum absolute atomic E-state index is 12.0. The van der Waals surface area contributed by atoms with E-state index in [1.807, 2.05) is 39.0 Å². The van der Waals surface area contributed by atoms with Gasteiger partial charge in [-0.3, -0.25) is 4.89 Å². The summed E-state index contributed by atoms with van der Waals surface area (Å²) < 4.78 is 0. The lowest BCUT2D eigenvalue weighted by molar-refractivity contribution is -0.301. The molecule has 0 bridgehead atoms. The van der Waals surface area contributed by atoms with Gasteiger partial charge in [0, 0.05) is 0 Å². The van der Waals surface area contributed by atoms with E-state index in [0.717, 1.165) is 18.4 Å². The second kappa shape index (κ2) is 4.39. The summed E-state index contributed by atoms with van der Waals surface area (Å²) >= 11 is 0. The van der Waals surface area contributed by atoms with E-state index in [9.17, 15) is 4.79 Å². The summed E-state index contributed by atoms with van der Waals surface area (Å²) in [4.78, 5) is 22.0. The summed E-state index contributed by atoms with van der Waals surface area (Å²) in [5, 5.41) is 0. The van der Waals surface area contributed by atoms with Gasteiger partial charge in [-0.1, -0.05) is 25.1 Å². The van der Waals surface area contributed by atoms with E-state index in [-0.39, 0.29) is 5.41 Å². The first-order valence-electron chi connectivity index (χ1n) is 6.31. The van der Waals surface area contributed by atoms with Crippen LogP contribution >= 0.6 is 0 Å². The zero-order chi connectivity index (χ0) is 13.4. The fourth-order valence-electron chi connectivity index (χ4n) is 1.85. The number of hydrogen-bond acceptors (Lipinski definition) is 3. The Kier molecular flexibility index (Phi) is 3.20. The molecule has 0 amide bonds. The van der Waals surface area contributed by atoms with E-state index in [4.69, 9.17) is 9.78 Å². The molecule has 3 heteroatoms. The minimum absolute atomic E-state index is 0.136. The molecule has 0 unspecified atom stereocenters. The Morgan fingerprint density at radius 1 is 1.22 bits per heavy atom. The van der Waals surface area contributed by atoms with Crippen LogP contribution in [0.3, 0.4) is 0 Å². The lowest BCUT2D eigenvalue weighted by Gasteiger charge is -2.18. The molecular weight excluding hydrogens is 228 g/mol. The van der Waals surface area contributed by atoms with Crippen molar-refractivity contribution >= 4 is 5.97 Å². The van der Waals surface area contributed by atoms with E-state index in [1.54, 1.807) is 6.07 Å². The molecule has 98 valence electrons. The van der Waals surface area contributed by atoms with Crippen molar-refractivity contribution in [2.45, 2.75) is 51.6 Å². The van der Waals surface area contributed by atoms with Crippen LogP contribution in [0, 0.1) is 0 Å². The van der Waals surface area contributed by atoms with Crippen molar-refractivity contribution < 1.29 is 14.6 Å². The molecule has 0 N–H and O–H groups in total. The summed E-state index contributed by atoms with van der Waals surface area (Å²) in [6.07, 6.45) is 2.24. The van der Waals surface area contributed by atoms with E-state index in [1.165, 1.54) is 0 Å². The van der Waals surface area contributed by atoms with Gasteiger partial charge in [-0.15, -0.1) is 0 Å². The maximum atomic E-state index is 12.0. The maximum Gasteiger partial charge on any atom is 0.373 e. The van der Waals surface area contributed by atoms with Gasteiger partial charge >= 0.3 is 5.97 Å². The third-order valence-corrected chi connectivity index (χ3v) is 3.16. The van der Waals surface area contributed by atoms with Crippen molar-refractivity contribution in [1.29, 1.82) is 0 Å². The number of rotatable bonds is 3. The molecule has 0 radical (unpaired) electrons. The Balaban J connectivity index is 2.16. The smallest absolute Gasteiger partial charge is 0.292 e. The predicted molar refractivity (Wildman–Crippen MR) is 69.3 cm³/mol. The largest absolute Gasteiger partial charge is 0.373 e. The SMILES string of the molecule is CC(C)(C)OOC(=O)c1ccccc1C1(C)CC1. The van der Waals surface area contributed by atoms with E-state index in [2.05, 4.69) is 6.92 Å². The molecule has 0 spiro atoms. The molecule has 0 saturated heterocycles. The standard InChI is InChI=1S/C15H20O3/c1-14(2,3)18-17-13(16)11-7-5-6-8-12(11)15(4)9-10-15/h5-8H,9-10H2,1-4H3. The topological polar surface area (TPSA) is 35.5 Å². The number of hydrogen-bond donors (Lipinski definition) is 0. The minimum Gasteiger partial charge on any atom is -0.292 e. The van der Waals surface area contributed by atoms with Gasteiger partial charge < -0.3 is 0 Å². The summed E-state index contributed by atoms with van der Waals surface area (Å²) in [5.41, 5.74) is 1.32. The van der Waals surface area contributed by atoms with Crippen LogP contribution in [0.25, 0.3) is 0 Å². The molecule has 1 saturated carbocycles. The molecule has 3 nitrogen and oxygen atoms in total. The Labute approximate surface area is 108 Å². The first kappa shape index (κ1) is 13.1. The van der Waals surface area contributed by atoms with Crippen molar-refractivity contribution in [2.24, 2.45) is 0 Å². The molecule has 0 aliphatic heterocycles. The molecule has 0 atom stereocenters. The molecule has 1 aromatic carbocycles. The van der Waals surface area contributed by atoms with E-state index in [0.29, 0.717) is 5.56 Å². The van der Waals surface area contributed by atoms with Crippen LogP contribution in [0.4, 0.5) is 0 Å². The van der Waals surface area contributed by atoms with Gasteiger partial charge in [0.15, 0.2) is 0 Å². The van der Waals surface area contributed by atoms with Crippen molar-refractivity contribution in [1.82, 2.24) is 0 Å². The Hall–Kier alpha value is -1.35. The van der Waals surface area contributed by atoms with Crippen molar-refractivity contribution in [3.63, 3.8) is 0 Å². The number of benzene rings is 1. The highest BCUT2D eigenvalue weighted by molar-refractivity contribution is 5.91. The van der Waals surface area contributed by atoms with E-state index >= 15 is 0 Å². The van der Waals surface area contributed by atoms with E-state index < -0.39 is 11.6 Å². The van der Waals surface area contributed by atoms with Crippen molar-refractivity contribution in [2.75, 3.05) is 0 Å². The summed E-state index contributed by atoms with van der Waals surface area (Å²) in [5.74, 6) is -0.409. The lowest BCUT2D eigenvalue weighted by atomic mass is 9.93. The van der Waals surface area contributed by atoms with Crippen LogP contribution in [0.15, 0.2) is 24.3 Å². The van der Waals surface area contributed by atoms with Gasteiger partial charge in [0.1, 0.15) is 5.60 Å². The third-order valence-electron chi connectivity index (χ3n) is 3.16. The lowest BCUT2D eigenvalue weighted by Crippen LogP contribution is -2.23. The molecule has 1 aliphatic carbocycles. The molecular formula is C15H20O3. The van der Waals surface area contributed by atoms with Crippen LogP contribution in [0.2, 0.25) is 0 Å².